The highest BCUT2D eigenvalue weighted by Gasteiger charge is 2.07. The summed E-state index contributed by atoms with van der Waals surface area (Å²) in [6, 6.07) is 15.6. The Morgan fingerprint density at radius 2 is 1.82 bits per heavy atom. The van der Waals surface area contributed by atoms with E-state index in [9.17, 15) is 4.79 Å². The van der Waals surface area contributed by atoms with E-state index in [1.807, 2.05) is 24.3 Å². The third-order valence-electron chi connectivity index (χ3n) is 3.36. The fourth-order valence-electron chi connectivity index (χ4n) is 2.23. The normalized spacial score (nSPS) is 11.6. The fourth-order valence-corrected chi connectivity index (χ4v) is 2.23. The quantitative estimate of drug-likeness (QED) is 0.581. The fraction of sp³-hybridized carbons (Fsp3) is 0.0588. The largest absolute Gasteiger partial charge is 0.497 e. The summed E-state index contributed by atoms with van der Waals surface area (Å²) in [4.78, 5) is 12.1. The Hall–Kier alpha value is -3.08. The Morgan fingerprint density at radius 1 is 1.09 bits per heavy atom. The van der Waals surface area contributed by atoms with Crippen molar-refractivity contribution in [3.05, 3.63) is 70.2 Å². The zero-order valence-corrected chi connectivity index (χ0v) is 11.9. The lowest BCUT2D eigenvalue weighted by Crippen LogP contribution is -2.09. The summed E-state index contributed by atoms with van der Waals surface area (Å²) in [7, 11) is 1.60. The number of hydrogen-bond acceptors (Lipinski definition) is 5. The number of nitrogens with zero attached hydrogens (tertiary/aromatic N) is 1. The second-order valence-electron chi connectivity index (χ2n) is 4.68. The van der Waals surface area contributed by atoms with Crippen molar-refractivity contribution in [2.75, 3.05) is 7.11 Å². The van der Waals surface area contributed by atoms with Crippen LogP contribution in [0.25, 0.3) is 22.3 Å². The molecule has 3 aromatic rings. The molecule has 2 aromatic carbocycles. The van der Waals surface area contributed by atoms with E-state index in [0.29, 0.717) is 16.5 Å². The van der Waals surface area contributed by atoms with Crippen LogP contribution in [0.4, 0.5) is 0 Å². The SMILES string of the molecule is COc1ccc(-c2c/c(=N\N)c3ccccc(=O)c3o2)cc1. The van der Waals surface area contributed by atoms with Crippen molar-refractivity contribution in [1.82, 2.24) is 0 Å². The van der Waals surface area contributed by atoms with E-state index < -0.39 is 0 Å². The van der Waals surface area contributed by atoms with Crippen LogP contribution in [0.15, 0.2) is 68.9 Å². The van der Waals surface area contributed by atoms with Crippen molar-refractivity contribution in [1.29, 1.82) is 0 Å². The first-order valence-electron chi connectivity index (χ1n) is 6.68. The molecular weight excluding hydrogens is 280 g/mol. The molecule has 0 spiro atoms. The molecule has 2 N–H and O–H groups in total. The Kier molecular flexibility index (Phi) is 3.62. The number of ether oxygens (including phenoxy) is 1. The van der Waals surface area contributed by atoms with Crippen LogP contribution in [-0.2, 0) is 0 Å². The minimum absolute atomic E-state index is 0.222. The van der Waals surface area contributed by atoms with Crippen molar-refractivity contribution < 1.29 is 9.15 Å². The maximum atomic E-state index is 12.1. The molecule has 0 aliphatic heterocycles. The van der Waals surface area contributed by atoms with Crippen LogP contribution in [0.1, 0.15) is 0 Å². The summed E-state index contributed by atoms with van der Waals surface area (Å²) < 4.78 is 10.9. The van der Waals surface area contributed by atoms with Gasteiger partial charge in [0.15, 0.2) is 5.58 Å². The second-order valence-corrected chi connectivity index (χ2v) is 4.68. The van der Waals surface area contributed by atoms with Crippen LogP contribution in [0.2, 0.25) is 0 Å². The van der Waals surface area contributed by atoms with Crippen LogP contribution >= 0.6 is 0 Å². The molecule has 5 heteroatoms. The van der Waals surface area contributed by atoms with Gasteiger partial charge in [0.1, 0.15) is 11.5 Å². The predicted molar refractivity (Wildman–Crippen MR) is 84.2 cm³/mol. The maximum Gasteiger partial charge on any atom is 0.221 e. The van der Waals surface area contributed by atoms with Crippen LogP contribution < -0.4 is 21.4 Å². The molecule has 3 rings (SSSR count). The van der Waals surface area contributed by atoms with Gasteiger partial charge in [-0.3, -0.25) is 4.79 Å². The van der Waals surface area contributed by atoms with Gasteiger partial charge in [-0.05, 0) is 36.4 Å². The van der Waals surface area contributed by atoms with Crippen molar-refractivity contribution >= 4 is 11.0 Å². The molecule has 0 radical (unpaired) electrons. The molecule has 0 bridgehead atoms. The van der Waals surface area contributed by atoms with Crippen LogP contribution in [0.3, 0.4) is 0 Å². The zero-order valence-electron chi connectivity index (χ0n) is 11.9. The minimum atomic E-state index is -0.222. The molecule has 0 aliphatic carbocycles. The monoisotopic (exact) mass is 294 g/mol. The summed E-state index contributed by atoms with van der Waals surface area (Å²) in [6.45, 7) is 0. The molecule has 1 aromatic heterocycles. The average Bonchev–Trinajstić information content (AvgIpc) is 2.76. The summed E-state index contributed by atoms with van der Waals surface area (Å²) in [5.74, 6) is 6.72. The summed E-state index contributed by atoms with van der Waals surface area (Å²) in [5.41, 5.74) is 0.807. The molecule has 5 nitrogen and oxygen atoms in total. The Morgan fingerprint density at radius 3 is 2.50 bits per heavy atom. The molecule has 0 saturated heterocycles. The summed E-state index contributed by atoms with van der Waals surface area (Å²) in [5, 5.41) is 4.84. The van der Waals surface area contributed by atoms with Crippen molar-refractivity contribution in [3.63, 3.8) is 0 Å². The Labute approximate surface area is 126 Å². The van der Waals surface area contributed by atoms with E-state index in [1.165, 1.54) is 6.07 Å². The number of nitrogens with two attached hydrogens (primary N) is 1. The van der Waals surface area contributed by atoms with Gasteiger partial charge in [-0.15, -0.1) is 0 Å². The first-order valence-corrected chi connectivity index (χ1v) is 6.68. The lowest BCUT2D eigenvalue weighted by atomic mass is 10.1. The van der Waals surface area contributed by atoms with Gasteiger partial charge in [0, 0.05) is 17.0 Å². The van der Waals surface area contributed by atoms with Gasteiger partial charge < -0.3 is 15.0 Å². The second kappa shape index (κ2) is 5.73. The first kappa shape index (κ1) is 13.9. The summed E-state index contributed by atoms with van der Waals surface area (Å²) in [6.07, 6.45) is 0. The molecule has 0 fully saturated rings. The van der Waals surface area contributed by atoms with E-state index in [2.05, 4.69) is 5.10 Å². The minimum Gasteiger partial charge on any atom is -0.497 e. The molecule has 0 amide bonds. The molecule has 0 aliphatic rings. The standard InChI is InChI=1S/C17H14N2O3/c1-21-12-8-6-11(7-9-12)16-10-14(19-18)13-4-2-3-5-15(20)17(13)22-16/h2-10H,18H2,1H3/b19-14+. The predicted octanol–water partition coefficient (Wildman–Crippen LogP) is 2.24. The van der Waals surface area contributed by atoms with Gasteiger partial charge in [-0.1, -0.05) is 12.1 Å². The van der Waals surface area contributed by atoms with Gasteiger partial charge in [-0.25, -0.2) is 0 Å². The van der Waals surface area contributed by atoms with Gasteiger partial charge in [0.05, 0.1) is 12.5 Å². The molecule has 0 unspecified atom stereocenters. The molecule has 0 saturated carbocycles. The Bertz CT molecular complexity index is 944. The van der Waals surface area contributed by atoms with Gasteiger partial charge in [0.2, 0.25) is 5.43 Å². The van der Waals surface area contributed by atoms with E-state index >= 15 is 0 Å². The number of methoxy groups -OCH3 is 1. The highest BCUT2D eigenvalue weighted by atomic mass is 16.5. The molecule has 1 heterocycles. The Balaban J connectivity index is 2.32. The smallest absolute Gasteiger partial charge is 0.221 e. The number of rotatable bonds is 2. The van der Waals surface area contributed by atoms with Crippen LogP contribution in [0, 0.1) is 0 Å². The third kappa shape index (κ3) is 2.44. The highest BCUT2D eigenvalue weighted by Crippen LogP contribution is 2.23. The lowest BCUT2D eigenvalue weighted by Gasteiger charge is -2.04. The van der Waals surface area contributed by atoms with Gasteiger partial charge in [0.25, 0.3) is 0 Å². The third-order valence-corrected chi connectivity index (χ3v) is 3.36. The molecule has 22 heavy (non-hydrogen) atoms. The molecular formula is C17H14N2O3. The zero-order chi connectivity index (χ0) is 15.5. The highest BCUT2D eigenvalue weighted by molar-refractivity contribution is 5.77. The van der Waals surface area contributed by atoms with Crippen LogP contribution in [-0.4, -0.2) is 7.11 Å². The van der Waals surface area contributed by atoms with E-state index in [-0.39, 0.29) is 11.0 Å². The lowest BCUT2D eigenvalue weighted by molar-refractivity contribution is 0.415. The van der Waals surface area contributed by atoms with Gasteiger partial charge >= 0.3 is 0 Å². The topological polar surface area (TPSA) is 77.8 Å². The first-order chi connectivity index (χ1) is 10.7. The van der Waals surface area contributed by atoms with E-state index in [1.54, 1.807) is 31.4 Å². The summed E-state index contributed by atoms with van der Waals surface area (Å²) >= 11 is 0. The number of hydrogen-bond donors (Lipinski definition) is 1. The van der Waals surface area contributed by atoms with Crippen molar-refractivity contribution in [2.45, 2.75) is 0 Å². The average molecular weight is 294 g/mol. The van der Waals surface area contributed by atoms with Crippen LogP contribution in [0.5, 0.6) is 5.75 Å². The maximum absolute atomic E-state index is 12.1. The number of fused-ring (bicyclic) bond motifs is 1. The van der Waals surface area contributed by atoms with Gasteiger partial charge in [-0.2, -0.15) is 5.10 Å². The van der Waals surface area contributed by atoms with Crippen molar-refractivity contribution in [3.8, 4) is 17.1 Å². The van der Waals surface area contributed by atoms with E-state index in [4.69, 9.17) is 15.0 Å². The number of benzene rings is 1. The molecule has 0 atom stereocenters. The molecule has 110 valence electrons. The van der Waals surface area contributed by atoms with E-state index in [0.717, 1.165) is 11.3 Å². The van der Waals surface area contributed by atoms with Crippen molar-refractivity contribution in [2.24, 2.45) is 10.9 Å².